The van der Waals surface area contributed by atoms with E-state index in [1.54, 1.807) is 12.3 Å². The highest BCUT2D eigenvalue weighted by molar-refractivity contribution is 7.99. The van der Waals surface area contributed by atoms with Crippen molar-refractivity contribution >= 4 is 28.4 Å². The molecule has 0 unspecified atom stereocenters. The number of aliphatic hydroxyl groups excluding tert-OH is 1. The summed E-state index contributed by atoms with van der Waals surface area (Å²) in [5.41, 5.74) is 2.46. The van der Waals surface area contributed by atoms with E-state index >= 15 is 0 Å². The van der Waals surface area contributed by atoms with Crippen molar-refractivity contribution in [3.63, 3.8) is 0 Å². The predicted octanol–water partition coefficient (Wildman–Crippen LogP) is 4.99. The van der Waals surface area contributed by atoms with Crippen LogP contribution in [0.5, 0.6) is 0 Å². The molecule has 0 aliphatic carbocycles. The van der Waals surface area contributed by atoms with E-state index in [9.17, 15) is 10.4 Å². The van der Waals surface area contributed by atoms with Crippen LogP contribution in [0.15, 0.2) is 88.3 Å². The minimum absolute atomic E-state index is 0.0886. The van der Waals surface area contributed by atoms with E-state index < -0.39 is 0 Å². The number of nitriles is 1. The van der Waals surface area contributed by atoms with Gasteiger partial charge < -0.3 is 14.5 Å². The summed E-state index contributed by atoms with van der Waals surface area (Å²) in [6, 6.07) is 22.7. The quantitative estimate of drug-likeness (QED) is 0.217. The molecule has 0 spiro atoms. The molecule has 9 heteroatoms. The third-order valence-corrected chi connectivity index (χ3v) is 5.69. The summed E-state index contributed by atoms with van der Waals surface area (Å²) >= 11 is 1.26. The van der Waals surface area contributed by atoms with Crippen molar-refractivity contribution in [2.45, 2.75) is 5.16 Å². The van der Waals surface area contributed by atoms with Gasteiger partial charge in [0.1, 0.15) is 17.4 Å². The number of H-pyrrole nitrogens is 1. The van der Waals surface area contributed by atoms with Crippen LogP contribution in [0.25, 0.3) is 33.9 Å². The lowest BCUT2D eigenvalue weighted by molar-refractivity contribution is 0.420. The van der Waals surface area contributed by atoms with Crippen LogP contribution in [0.2, 0.25) is 0 Å². The highest BCUT2D eigenvalue weighted by Gasteiger charge is 2.20. The van der Waals surface area contributed by atoms with Gasteiger partial charge in [-0.1, -0.05) is 42.1 Å². The van der Waals surface area contributed by atoms with Gasteiger partial charge in [-0.3, -0.25) is 4.57 Å². The normalized spacial score (nSPS) is 12.0. The lowest BCUT2D eigenvalue weighted by Gasteiger charge is -2.09. The smallest absolute Gasteiger partial charge is 0.205 e. The molecule has 0 atom stereocenters. The Morgan fingerprint density at radius 1 is 1.06 bits per heavy atom. The second-order valence-electron chi connectivity index (χ2n) is 6.78. The molecule has 0 fully saturated rings. The Morgan fingerprint density at radius 2 is 1.88 bits per heavy atom. The predicted molar refractivity (Wildman–Crippen MR) is 121 cm³/mol. The van der Waals surface area contributed by atoms with Crippen molar-refractivity contribution in [1.82, 2.24) is 24.7 Å². The minimum atomic E-state index is -0.0984. The van der Waals surface area contributed by atoms with E-state index in [1.165, 1.54) is 11.8 Å². The van der Waals surface area contributed by atoms with Crippen LogP contribution in [0.4, 0.5) is 0 Å². The van der Waals surface area contributed by atoms with Crippen molar-refractivity contribution in [2.75, 3.05) is 5.75 Å². The summed E-state index contributed by atoms with van der Waals surface area (Å²) in [6.07, 6.45) is 1.58. The SMILES string of the molecule is N#CC(=C(O)CSc1nnc(-c2ccco2)n1-c1ccccc1)c1nc2ccccc2[nH]1. The van der Waals surface area contributed by atoms with Gasteiger partial charge in [0.2, 0.25) is 5.82 Å². The Morgan fingerprint density at radius 3 is 2.62 bits per heavy atom. The first kappa shape index (κ1) is 19.7. The van der Waals surface area contributed by atoms with Gasteiger partial charge >= 0.3 is 0 Å². The van der Waals surface area contributed by atoms with Crippen LogP contribution >= 0.6 is 11.8 Å². The molecule has 0 saturated carbocycles. The van der Waals surface area contributed by atoms with Crippen molar-refractivity contribution in [3.8, 4) is 23.3 Å². The molecular formula is C23H16N6O2S. The molecule has 3 heterocycles. The zero-order chi connectivity index (χ0) is 21.9. The lowest BCUT2D eigenvalue weighted by atomic mass is 10.2. The number of fused-ring (bicyclic) bond motifs is 1. The lowest BCUT2D eigenvalue weighted by Crippen LogP contribution is -2.01. The van der Waals surface area contributed by atoms with E-state index in [-0.39, 0.29) is 17.1 Å². The number of para-hydroxylation sites is 3. The van der Waals surface area contributed by atoms with Gasteiger partial charge in [-0.15, -0.1) is 10.2 Å². The fraction of sp³-hybridized carbons (Fsp3) is 0.0435. The summed E-state index contributed by atoms with van der Waals surface area (Å²) in [5.74, 6) is 1.47. The monoisotopic (exact) mass is 440 g/mol. The second-order valence-corrected chi connectivity index (χ2v) is 7.72. The number of imidazole rings is 1. The van der Waals surface area contributed by atoms with Gasteiger partial charge in [0.25, 0.3) is 0 Å². The van der Waals surface area contributed by atoms with Crippen LogP contribution in [0.1, 0.15) is 5.82 Å². The fourth-order valence-electron chi connectivity index (χ4n) is 3.27. The largest absolute Gasteiger partial charge is 0.510 e. The molecule has 0 amide bonds. The molecule has 0 aliphatic rings. The molecular weight excluding hydrogens is 424 g/mol. The molecule has 3 aromatic heterocycles. The average molecular weight is 440 g/mol. The summed E-state index contributed by atoms with van der Waals surface area (Å²) in [4.78, 5) is 7.49. The van der Waals surface area contributed by atoms with Gasteiger partial charge in [0.05, 0.1) is 23.0 Å². The zero-order valence-electron chi connectivity index (χ0n) is 16.6. The first-order valence-corrected chi connectivity index (χ1v) is 10.7. The van der Waals surface area contributed by atoms with E-state index in [4.69, 9.17) is 4.42 Å². The number of allylic oxidation sites excluding steroid dienone is 1. The average Bonchev–Trinajstić information content (AvgIpc) is 3.57. The number of aromatic amines is 1. The van der Waals surface area contributed by atoms with Crippen LogP contribution in [-0.4, -0.2) is 35.6 Å². The first-order valence-electron chi connectivity index (χ1n) is 9.69. The molecule has 5 rings (SSSR count). The molecule has 156 valence electrons. The van der Waals surface area contributed by atoms with Gasteiger partial charge in [-0.05, 0) is 36.4 Å². The number of furan rings is 1. The number of nitrogens with zero attached hydrogens (tertiary/aromatic N) is 5. The summed E-state index contributed by atoms with van der Waals surface area (Å²) in [5, 5.41) is 29.5. The summed E-state index contributed by atoms with van der Waals surface area (Å²) < 4.78 is 7.37. The van der Waals surface area contributed by atoms with Crippen LogP contribution in [0.3, 0.4) is 0 Å². The van der Waals surface area contributed by atoms with Crippen molar-refractivity contribution in [1.29, 1.82) is 5.26 Å². The standard InChI is InChI=1S/C23H16N6O2S/c24-13-16(21-25-17-9-4-5-10-18(17)26-21)19(30)14-32-23-28-27-22(20-11-6-12-31-20)29(23)15-7-2-1-3-8-15/h1-12,30H,14H2,(H,25,26). The minimum Gasteiger partial charge on any atom is -0.510 e. The van der Waals surface area contributed by atoms with Crippen LogP contribution in [-0.2, 0) is 0 Å². The van der Waals surface area contributed by atoms with E-state index in [1.807, 2.05) is 65.2 Å². The Labute approximate surface area is 186 Å². The highest BCUT2D eigenvalue weighted by atomic mass is 32.2. The van der Waals surface area contributed by atoms with Crippen LogP contribution in [0, 0.1) is 11.3 Å². The topological polar surface area (TPSA) is 117 Å². The molecule has 0 bridgehead atoms. The number of nitrogens with one attached hydrogen (secondary N) is 1. The van der Waals surface area contributed by atoms with E-state index in [2.05, 4.69) is 26.2 Å². The summed E-state index contributed by atoms with van der Waals surface area (Å²) in [7, 11) is 0. The molecule has 2 aromatic carbocycles. The van der Waals surface area contributed by atoms with Gasteiger partial charge in [0.15, 0.2) is 16.7 Å². The number of aromatic nitrogens is 5. The Kier molecular flexibility index (Phi) is 5.19. The van der Waals surface area contributed by atoms with Crippen molar-refractivity contribution in [3.05, 3.63) is 84.6 Å². The number of hydrogen-bond donors (Lipinski definition) is 2. The third-order valence-electron chi connectivity index (χ3n) is 4.75. The number of rotatable bonds is 6. The Hall–Kier alpha value is -4.29. The number of benzene rings is 2. The van der Waals surface area contributed by atoms with Gasteiger partial charge in [-0.25, -0.2) is 4.98 Å². The molecule has 2 N–H and O–H groups in total. The highest BCUT2D eigenvalue weighted by Crippen LogP contribution is 2.30. The maximum absolute atomic E-state index is 10.7. The number of thioether (sulfide) groups is 1. The van der Waals surface area contributed by atoms with E-state index in [0.29, 0.717) is 22.6 Å². The second kappa shape index (κ2) is 8.45. The maximum Gasteiger partial charge on any atom is 0.205 e. The molecule has 5 aromatic rings. The molecule has 0 aliphatic heterocycles. The molecule has 8 nitrogen and oxygen atoms in total. The zero-order valence-corrected chi connectivity index (χ0v) is 17.5. The first-order chi connectivity index (χ1) is 15.7. The Bertz CT molecular complexity index is 1410. The summed E-state index contributed by atoms with van der Waals surface area (Å²) in [6.45, 7) is 0. The molecule has 0 radical (unpaired) electrons. The van der Waals surface area contributed by atoms with Crippen molar-refractivity contribution in [2.24, 2.45) is 0 Å². The molecule has 32 heavy (non-hydrogen) atoms. The maximum atomic E-state index is 10.7. The van der Waals surface area contributed by atoms with E-state index in [0.717, 1.165) is 16.7 Å². The van der Waals surface area contributed by atoms with Crippen molar-refractivity contribution < 1.29 is 9.52 Å². The third kappa shape index (κ3) is 3.64. The number of aliphatic hydroxyl groups is 1. The Balaban J connectivity index is 1.48. The fourth-order valence-corrected chi connectivity index (χ4v) is 4.10. The molecule has 0 saturated heterocycles. The number of hydrogen-bond acceptors (Lipinski definition) is 7. The van der Waals surface area contributed by atoms with Gasteiger partial charge in [0, 0.05) is 5.69 Å². The van der Waals surface area contributed by atoms with Crippen LogP contribution < -0.4 is 0 Å². The van der Waals surface area contributed by atoms with Gasteiger partial charge in [-0.2, -0.15) is 5.26 Å².